The summed E-state index contributed by atoms with van der Waals surface area (Å²) in [5.41, 5.74) is 6.07. The Morgan fingerprint density at radius 3 is 2.66 bits per heavy atom. The first-order chi connectivity index (χ1) is 15.5. The van der Waals surface area contributed by atoms with Gasteiger partial charge in [-0.15, -0.1) is 0 Å². The van der Waals surface area contributed by atoms with E-state index in [-0.39, 0.29) is 0 Å². The molecule has 7 nitrogen and oxygen atoms in total. The molecule has 0 saturated carbocycles. The normalized spacial score (nSPS) is 14.8. The lowest BCUT2D eigenvalue weighted by molar-refractivity contribution is 0.0831. The van der Waals surface area contributed by atoms with Crippen LogP contribution >= 0.6 is 0 Å². The van der Waals surface area contributed by atoms with Gasteiger partial charge in [0.1, 0.15) is 17.1 Å². The number of oxazole rings is 1. The summed E-state index contributed by atoms with van der Waals surface area (Å²) < 4.78 is 19.1. The molecule has 0 amide bonds. The first-order valence-electron chi connectivity index (χ1n) is 11.0. The van der Waals surface area contributed by atoms with Crippen molar-refractivity contribution in [1.82, 2.24) is 14.5 Å². The topological polar surface area (TPSA) is 74.3 Å². The molecule has 5 rings (SSSR count). The van der Waals surface area contributed by atoms with Crippen LogP contribution in [0.5, 0.6) is 5.75 Å². The van der Waals surface area contributed by atoms with Gasteiger partial charge in [-0.3, -0.25) is 0 Å². The molecule has 1 aliphatic heterocycles. The quantitative estimate of drug-likeness (QED) is 0.449. The molecule has 0 radical (unpaired) electrons. The predicted molar refractivity (Wildman–Crippen MR) is 125 cm³/mol. The number of aromatic nitrogens is 3. The molecule has 0 aliphatic carbocycles. The fraction of sp³-hybridized carbons (Fsp3) is 0.360. The Morgan fingerprint density at radius 1 is 1.12 bits per heavy atom. The number of ether oxygens (including phenoxy) is 2. The van der Waals surface area contributed by atoms with Crippen molar-refractivity contribution >= 4 is 22.4 Å². The third kappa shape index (κ3) is 3.73. The number of aryl methyl sites for hydroxylation is 3. The molecule has 1 N–H and O–H groups in total. The molecule has 7 heteroatoms. The highest BCUT2D eigenvalue weighted by Gasteiger charge is 2.23. The summed E-state index contributed by atoms with van der Waals surface area (Å²) in [6.07, 6.45) is 3.74. The van der Waals surface area contributed by atoms with Crippen molar-refractivity contribution in [3.63, 3.8) is 0 Å². The molecule has 0 spiro atoms. The van der Waals surface area contributed by atoms with Crippen LogP contribution < -0.4 is 10.1 Å². The molecule has 0 atom stereocenters. The van der Waals surface area contributed by atoms with Gasteiger partial charge in [-0.05, 0) is 49.6 Å². The average Bonchev–Trinajstić information content (AvgIpc) is 3.38. The summed E-state index contributed by atoms with van der Waals surface area (Å²) in [4.78, 5) is 9.27. The van der Waals surface area contributed by atoms with Crippen LogP contribution in [0.25, 0.3) is 22.4 Å². The third-order valence-corrected chi connectivity index (χ3v) is 6.12. The van der Waals surface area contributed by atoms with Gasteiger partial charge in [0.2, 0.25) is 0 Å². The standard InChI is InChI=1S/C25H28N4O3/c1-15-11-20(24-21(12-15)29(3)25(28-24)17-7-9-31-10-8-17)27-18-5-6-19(22(13-18)30-4)23-14-26-16(2)32-23/h5-6,11-14,17,27H,7-10H2,1-4H3. The lowest BCUT2D eigenvalue weighted by atomic mass is 9.99. The van der Waals surface area contributed by atoms with Gasteiger partial charge in [0.25, 0.3) is 0 Å². The predicted octanol–water partition coefficient (Wildman–Crippen LogP) is 5.49. The highest BCUT2D eigenvalue weighted by molar-refractivity contribution is 5.92. The summed E-state index contributed by atoms with van der Waals surface area (Å²) in [6.45, 7) is 5.54. The van der Waals surface area contributed by atoms with Crippen LogP contribution in [0.1, 0.15) is 36.0 Å². The number of nitrogens with one attached hydrogen (secondary N) is 1. The molecule has 1 fully saturated rings. The zero-order valence-corrected chi connectivity index (χ0v) is 18.9. The van der Waals surface area contributed by atoms with Gasteiger partial charge in [-0.1, -0.05) is 0 Å². The Hall–Kier alpha value is -3.32. The van der Waals surface area contributed by atoms with Crippen molar-refractivity contribution in [3.8, 4) is 17.1 Å². The molecule has 3 heterocycles. The van der Waals surface area contributed by atoms with Crippen molar-refractivity contribution in [2.24, 2.45) is 7.05 Å². The number of benzene rings is 2. The summed E-state index contributed by atoms with van der Waals surface area (Å²) in [6, 6.07) is 10.3. The van der Waals surface area contributed by atoms with Crippen LogP contribution in [0, 0.1) is 13.8 Å². The summed E-state index contributed by atoms with van der Waals surface area (Å²) in [5, 5.41) is 3.56. The van der Waals surface area contributed by atoms with E-state index in [1.165, 1.54) is 5.56 Å². The largest absolute Gasteiger partial charge is 0.496 e. The van der Waals surface area contributed by atoms with Crippen molar-refractivity contribution in [1.29, 1.82) is 0 Å². The fourth-order valence-corrected chi connectivity index (χ4v) is 4.48. The summed E-state index contributed by atoms with van der Waals surface area (Å²) in [7, 11) is 3.77. The van der Waals surface area contributed by atoms with Gasteiger partial charge in [-0.25, -0.2) is 9.97 Å². The van der Waals surface area contributed by atoms with Gasteiger partial charge in [0.05, 0.1) is 30.1 Å². The minimum absolute atomic E-state index is 0.430. The molecule has 2 aromatic heterocycles. The van der Waals surface area contributed by atoms with Crippen LogP contribution in [0.4, 0.5) is 11.4 Å². The summed E-state index contributed by atoms with van der Waals surface area (Å²) >= 11 is 0. The molecular formula is C25H28N4O3. The number of hydrogen-bond acceptors (Lipinski definition) is 6. The van der Waals surface area contributed by atoms with Crippen molar-refractivity contribution in [2.45, 2.75) is 32.6 Å². The molecule has 0 unspecified atom stereocenters. The van der Waals surface area contributed by atoms with Gasteiger partial charge in [0.15, 0.2) is 11.7 Å². The monoisotopic (exact) mass is 432 g/mol. The molecular weight excluding hydrogens is 404 g/mol. The van der Waals surface area contributed by atoms with Gasteiger partial charge in [-0.2, -0.15) is 0 Å². The van der Waals surface area contributed by atoms with Crippen molar-refractivity contribution in [3.05, 3.63) is 53.8 Å². The van der Waals surface area contributed by atoms with Crippen LogP contribution in [0.15, 0.2) is 40.9 Å². The van der Waals surface area contributed by atoms with Gasteiger partial charge >= 0.3 is 0 Å². The molecule has 1 saturated heterocycles. The fourth-order valence-electron chi connectivity index (χ4n) is 4.48. The lowest BCUT2D eigenvalue weighted by Crippen LogP contribution is -2.17. The average molecular weight is 433 g/mol. The Bertz CT molecular complexity index is 1270. The Balaban J connectivity index is 1.52. The number of anilines is 2. The molecule has 2 aromatic carbocycles. The number of imidazole rings is 1. The zero-order chi connectivity index (χ0) is 22.2. The van der Waals surface area contributed by atoms with Gasteiger partial charge in [0, 0.05) is 44.9 Å². The first-order valence-corrected chi connectivity index (χ1v) is 11.0. The zero-order valence-electron chi connectivity index (χ0n) is 18.9. The van der Waals surface area contributed by atoms with Crippen LogP contribution in [0.3, 0.4) is 0 Å². The SMILES string of the molecule is COc1cc(Nc2cc(C)cc3c2nc(C2CCOCC2)n3C)ccc1-c1cnc(C)o1. The molecule has 0 bridgehead atoms. The first kappa shape index (κ1) is 20.6. The number of rotatable bonds is 5. The van der Waals surface area contributed by atoms with E-state index < -0.39 is 0 Å². The highest BCUT2D eigenvalue weighted by atomic mass is 16.5. The maximum atomic E-state index is 5.68. The Labute approximate surface area is 187 Å². The van der Waals surface area contributed by atoms with E-state index in [0.29, 0.717) is 17.6 Å². The lowest BCUT2D eigenvalue weighted by Gasteiger charge is -2.21. The van der Waals surface area contributed by atoms with Crippen LogP contribution in [-0.4, -0.2) is 34.9 Å². The van der Waals surface area contributed by atoms with E-state index in [2.05, 4.69) is 41.0 Å². The van der Waals surface area contributed by atoms with E-state index in [4.69, 9.17) is 18.9 Å². The molecule has 32 heavy (non-hydrogen) atoms. The van der Waals surface area contributed by atoms with Crippen LogP contribution in [-0.2, 0) is 11.8 Å². The molecule has 4 aromatic rings. The van der Waals surface area contributed by atoms with Crippen molar-refractivity contribution in [2.75, 3.05) is 25.6 Å². The summed E-state index contributed by atoms with van der Waals surface area (Å²) in [5.74, 6) is 3.60. The smallest absolute Gasteiger partial charge is 0.191 e. The van der Waals surface area contributed by atoms with E-state index >= 15 is 0 Å². The third-order valence-electron chi connectivity index (χ3n) is 6.12. The number of fused-ring (bicyclic) bond motifs is 1. The van der Waals surface area contributed by atoms with E-state index in [0.717, 1.165) is 65.6 Å². The highest BCUT2D eigenvalue weighted by Crippen LogP contribution is 2.36. The maximum Gasteiger partial charge on any atom is 0.191 e. The van der Waals surface area contributed by atoms with Crippen LogP contribution in [0.2, 0.25) is 0 Å². The van der Waals surface area contributed by atoms with E-state index in [1.807, 2.05) is 25.1 Å². The number of nitrogens with zero attached hydrogens (tertiary/aromatic N) is 3. The van der Waals surface area contributed by atoms with Crippen molar-refractivity contribution < 1.29 is 13.9 Å². The molecule has 1 aliphatic rings. The Morgan fingerprint density at radius 2 is 1.94 bits per heavy atom. The second-order valence-corrected chi connectivity index (χ2v) is 8.38. The molecule has 166 valence electrons. The number of hydrogen-bond donors (Lipinski definition) is 1. The van der Waals surface area contributed by atoms with Gasteiger partial charge < -0.3 is 23.8 Å². The maximum absolute atomic E-state index is 5.68. The number of methoxy groups -OCH3 is 1. The van der Waals surface area contributed by atoms with E-state index in [9.17, 15) is 0 Å². The minimum Gasteiger partial charge on any atom is -0.496 e. The minimum atomic E-state index is 0.430. The van der Waals surface area contributed by atoms with E-state index in [1.54, 1.807) is 13.3 Å². The second kappa shape index (κ2) is 8.31. The second-order valence-electron chi connectivity index (χ2n) is 8.38. The Kier molecular flexibility index (Phi) is 5.35.